The number of nitrogens with zero attached hydrogens (tertiary/aromatic N) is 1. The molecule has 1 aliphatic heterocycles. The van der Waals surface area contributed by atoms with Crippen molar-refractivity contribution in [3.63, 3.8) is 0 Å². The van der Waals surface area contributed by atoms with Gasteiger partial charge in [0, 0.05) is 31.6 Å². The van der Waals surface area contributed by atoms with Gasteiger partial charge in [0.1, 0.15) is 0 Å². The number of urea groups is 1. The molecule has 0 unspecified atom stereocenters. The Hall–Kier alpha value is -2.61. The second-order valence-corrected chi connectivity index (χ2v) is 5.91. The average Bonchev–Trinajstić information content (AvgIpc) is 2.95. The molecule has 1 fully saturated rings. The lowest BCUT2D eigenvalue weighted by Crippen LogP contribution is -2.40. The monoisotopic (exact) mass is 367 g/mol. The fraction of sp³-hybridized carbons (Fsp3) is 0.375. The predicted octanol–water partition coefficient (Wildman–Crippen LogP) is 0.687. The van der Waals surface area contributed by atoms with E-state index in [0.717, 1.165) is 5.56 Å². The van der Waals surface area contributed by atoms with Crippen molar-refractivity contribution in [3.8, 4) is 0 Å². The van der Waals surface area contributed by atoms with Crippen molar-refractivity contribution >= 4 is 35.4 Å². The number of ether oxygens (including phenoxy) is 1. The zero-order valence-electron chi connectivity index (χ0n) is 13.6. The first-order valence-electron chi connectivity index (χ1n) is 7.60. The van der Waals surface area contributed by atoms with Crippen LogP contribution in [0.3, 0.4) is 0 Å². The van der Waals surface area contributed by atoms with Gasteiger partial charge >= 0.3 is 12.0 Å². The van der Waals surface area contributed by atoms with Gasteiger partial charge in [-0.05, 0) is 11.6 Å². The van der Waals surface area contributed by atoms with Gasteiger partial charge in [0.05, 0.1) is 5.92 Å². The molecule has 1 aliphatic rings. The Morgan fingerprint density at radius 3 is 2.72 bits per heavy atom. The van der Waals surface area contributed by atoms with Crippen molar-refractivity contribution in [1.82, 2.24) is 15.5 Å². The van der Waals surface area contributed by atoms with E-state index in [1.165, 1.54) is 11.9 Å². The van der Waals surface area contributed by atoms with Crippen LogP contribution in [0.2, 0.25) is 5.02 Å². The molecule has 4 amide bonds. The maximum absolute atomic E-state index is 12.1. The standard InChI is InChI=1S/C16H18ClN3O5/c1-18-16(24)19-13(21)9-25-15(23)11-6-14(22)20(8-11)7-10-4-2-3-5-12(10)17/h2-5,11H,6-9H2,1H3,(H2,18,19,21,24)/t11-/m0/s1. The minimum atomic E-state index is -0.745. The quantitative estimate of drug-likeness (QED) is 0.745. The SMILES string of the molecule is CNC(=O)NC(=O)COC(=O)[C@H]1CC(=O)N(Cc2ccccc2Cl)C1. The summed E-state index contributed by atoms with van der Waals surface area (Å²) in [6.45, 7) is -0.0825. The fourth-order valence-electron chi connectivity index (χ4n) is 2.39. The molecule has 0 aromatic heterocycles. The first kappa shape index (κ1) is 18.7. The highest BCUT2D eigenvalue weighted by Gasteiger charge is 2.35. The highest BCUT2D eigenvalue weighted by molar-refractivity contribution is 6.31. The third-order valence-corrected chi connectivity index (χ3v) is 4.06. The van der Waals surface area contributed by atoms with E-state index in [1.807, 2.05) is 17.4 Å². The van der Waals surface area contributed by atoms with Crippen LogP contribution in [-0.2, 0) is 25.7 Å². The number of esters is 1. The Labute approximate surface area is 149 Å². The molecule has 1 saturated heterocycles. The third-order valence-electron chi connectivity index (χ3n) is 3.69. The van der Waals surface area contributed by atoms with E-state index in [1.54, 1.807) is 12.1 Å². The van der Waals surface area contributed by atoms with Crippen molar-refractivity contribution in [3.05, 3.63) is 34.9 Å². The summed E-state index contributed by atoms with van der Waals surface area (Å²) in [6.07, 6.45) is 0.0142. The molecule has 0 spiro atoms. The van der Waals surface area contributed by atoms with Crippen LogP contribution in [0.15, 0.2) is 24.3 Å². The Morgan fingerprint density at radius 1 is 1.32 bits per heavy atom. The van der Waals surface area contributed by atoms with Gasteiger partial charge in [-0.2, -0.15) is 0 Å². The number of hydrogen-bond acceptors (Lipinski definition) is 5. The summed E-state index contributed by atoms with van der Waals surface area (Å²) in [5, 5.41) is 4.73. The van der Waals surface area contributed by atoms with Crippen LogP contribution in [0.4, 0.5) is 4.79 Å². The van der Waals surface area contributed by atoms with E-state index in [0.29, 0.717) is 11.6 Å². The molecule has 0 saturated carbocycles. The number of rotatable bonds is 5. The van der Waals surface area contributed by atoms with E-state index in [2.05, 4.69) is 5.32 Å². The predicted molar refractivity (Wildman–Crippen MR) is 88.5 cm³/mol. The van der Waals surface area contributed by atoms with Crippen molar-refractivity contribution < 1.29 is 23.9 Å². The van der Waals surface area contributed by atoms with E-state index < -0.39 is 30.4 Å². The molecular weight excluding hydrogens is 350 g/mol. The van der Waals surface area contributed by atoms with Gasteiger partial charge in [-0.3, -0.25) is 19.7 Å². The number of carbonyl (C=O) groups excluding carboxylic acids is 4. The van der Waals surface area contributed by atoms with Gasteiger partial charge in [0.15, 0.2) is 6.61 Å². The molecule has 2 rings (SSSR count). The zero-order valence-corrected chi connectivity index (χ0v) is 14.3. The number of hydrogen-bond donors (Lipinski definition) is 2. The first-order valence-corrected chi connectivity index (χ1v) is 7.98. The highest BCUT2D eigenvalue weighted by atomic mass is 35.5. The maximum atomic E-state index is 12.1. The molecule has 8 nitrogen and oxygen atoms in total. The summed E-state index contributed by atoms with van der Waals surface area (Å²) < 4.78 is 4.87. The summed E-state index contributed by atoms with van der Waals surface area (Å²) in [5.74, 6) is -2.23. The summed E-state index contributed by atoms with van der Waals surface area (Å²) in [5.41, 5.74) is 0.788. The van der Waals surface area contributed by atoms with Gasteiger partial charge in [-0.25, -0.2) is 4.79 Å². The Balaban J connectivity index is 1.85. The number of benzene rings is 1. The molecule has 9 heteroatoms. The number of carbonyl (C=O) groups is 4. The lowest BCUT2D eigenvalue weighted by molar-refractivity contribution is -0.152. The van der Waals surface area contributed by atoms with Crippen LogP contribution >= 0.6 is 11.6 Å². The van der Waals surface area contributed by atoms with Gasteiger partial charge < -0.3 is 15.0 Å². The van der Waals surface area contributed by atoms with Crippen LogP contribution in [0.1, 0.15) is 12.0 Å². The average molecular weight is 368 g/mol. The molecule has 0 bridgehead atoms. The Bertz CT molecular complexity index is 694. The minimum Gasteiger partial charge on any atom is -0.455 e. The summed E-state index contributed by atoms with van der Waals surface area (Å²) in [7, 11) is 1.35. The Morgan fingerprint density at radius 2 is 2.04 bits per heavy atom. The summed E-state index contributed by atoms with van der Waals surface area (Å²) in [6, 6.07) is 6.46. The van der Waals surface area contributed by atoms with Crippen LogP contribution in [0.25, 0.3) is 0 Å². The minimum absolute atomic E-state index is 0.0142. The summed E-state index contributed by atoms with van der Waals surface area (Å²) in [4.78, 5) is 48.0. The van der Waals surface area contributed by atoms with Gasteiger partial charge in [0.25, 0.3) is 5.91 Å². The topological polar surface area (TPSA) is 105 Å². The van der Waals surface area contributed by atoms with Crippen LogP contribution in [0, 0.1) is 5.92 Å². The lowest BCUT2D eigenvalue weighted by atomic mass is 10.1. The number of likely N-dealkylation sites (tertiary alicyclic amines) is 1. The number of amides is 4. The van der Waals surface area contributed by atoms with Crippen LogP contribution in [-0.4, -0.2) is 48.9 Å². The second-order valence-electron chi connectivity index (χ2n) is 5.50. The largest absolute Gasteiger partial charge is 0.455 e. The Kier molecular flexibility index (Phi) is 6.35. The molecular formula is C16H18ClN3O5. The molecule has 134 valence electrons. The van der Waals surface area contributed by atoms with Crippen molar-refractivity contribution in [1.29, 1.82) is 0 Å². The number of halogens is 1. The van der Waals surface area contributed by atoms with E-state index in [4.69, 9.17) is 16.3 Å². The smallest absolute Gasteiger partial charge is 0.321 e. The van der Waals surface area contributed by atoms with Gasteiger partial charge in [-0.15, -0.1) is 0 Å². The summed E-state index contributed by atoms with van der Waals surface area (Å²) >= 11 is 6.08. The third kappa shape index (κ3) is 5.18. The molecule has 0 aliphatic carbocycles. The molecule has 1 heterocycles. The van der Waals surface area contributed by atoms with E-state index in [-0.39, 0.29) is 18.9 Å². The first-order chi connectivity index (χ1) is 11.9. The second kappa shape index (κ2) is 8.48. The molecule has 1 atom stereocenters. The van der Waals surface area contributed by atoms with Crippen LogP contribution in [0.5, 0.6) is 0 Å². The molecule has 1 aromatic carbocycles. The highest BCUT2D eigenvalue weighted by Crippen LogP contribution is 2.24. The maximum Gasteiger partial charge on any atom is 0.321 e. The number of imide groups is 1. The fourth-order valence-corrected chi connectivity index (χ4v) is 2.59. The van der Waals surface area contributed by atoms with E-state index >= 15 is 0 Å². The number of nitrogens with one attached hydrogen (secondary N) is 2. The van der Waals surface area contributed by atoms with Crippen molar-refractivity contribution in [2.45, 2.75) is 13.0 Å². The lowest BCUT2D eigenvalue weighted by Gasteiger charge is -2.17. The van der Waals surface area contributed by atoms with Crippen LogP contribution < -0.4 is 10.6 Å². The van der Waals surface area contributed by atoms with Gasteiger partial charge in [0.2, 0.25) is 5.91 Å². The van der Waals surface area contributed by atoms with Crippen molar-refractivity contribution in [2.24, 2.45) is 5.92 Å². The molecule has 2 N–H and O–H groups in total. The molecule has 0 radical (unpaired) electrons. The molecule has 1 aromatic rings. The van der Waals surface area contributed by atoms with Crippen molar-refractivity contribution in [2.75, 3.05) is 20.2 Å². The molecule has 25 heavy (non-hydrogen) atoms. The zero-order chi connectivity index (χ0) is 18.4. The normalized spacial score (nSPS) is 16.5. The van der Waals surface area contributed by atoms with E-state index in [9.17, 15) is 19.2 Å². The van der Waals surface area contributed by atoms with Gasteiger partial charge in [-0.1, -0.05) is 29.8 Å².